The van der Waals surface area contributed by atoms with Crippen LogP contribution in [0.25, 0.3) is 28.2 Å². The van der Waals surface area contributed by atoms with Crippen LogP contribution in [0.4, 0.5) is 0 Å². The minimum Gasteiger partial charge on any atom is -0.478 e. The smallest absolute Gasteiger partial charge is 0.335 e. The number of benzene rings is 2. The van der Waals surface area contributed by atoms with E-state index in [1.54, 1.807) is 24.0 Å². The van der Waals surface area contributed by atoms with Gasteiger partial charge in [-0.15, -0.1) is 0 Å². The van der Waals surface area contributed by atoms with Crippen LogP contribution in [0, 0.1) is 0 Å². The zero-order valence-electron chi connectivity index (χ0n) is 21.8. The Kier molecular flexibility index (Phi) is 6.30. The molecule has 0 unspecified atom stereocenters. The van der Waals surface area contributed by atoms with Gasteiger partial charge < -0.3 is 19.5 Å². The van der Waals surface area contributed by atoms with Gasteiger partial charge in [0, 0.05) is 55.1 Å². The van der Waals surface area contributed by atoms with Crippen molar-refractivity contribution in [3.8, 4) is 11.3 Å². The van der Waals surface area contributed by atoms with E-state index < -0.39 is 5.97 Å². The summed E-state index contributed by atoms with van der Waals surface area (Å²) in [6, 6.07) is 13.7. The Morgan fingerprint density at radius 1 is 0.895 bits per heavy atom. The highest BCUT2D eigenvalue weighted by atomic mass is 16.4. The van der Waals surface area contributed by atoms with Gasteiger partial charge in [-0.1, -0.05) is 49.6 Å². The lowest BCUT2D eigenvalue weighted by Gasteiger charge is -2.34. The number of carbonyl (C=O) groups is 3. The Labute approximate surface area is 222 Å². The molecule has 1 aliphatic carbocycles. The first kappa shape index (κ1) is 24.5. The number of hydrogen-bond acceptors (Lipinski definition) is 3. The first-order valence-corrected chi connectivity index (χ1v) is 13.7. The number of fused-ring (bicyclic) bond motifs is 5. The molecule has 0 bridgehead atoms. The van der Waals surface area contributed by atoms with Gasteiger partial charge in [0.25, 0.3) is 5.91 Å². The summed E-state index contributed by atoms with van der Waals surface area (Å²) in [6.07, 6.45) is 7.89. The molecule has 0 spiro atoms. The highest BCUT2D eigenvalue weighted by Crippen LogP contribution is 2.46. The Balaban J connectivity index is 1.50. The number of carboxylic acids is 1. The summed E-state index contributed by atoms with van der Waals surface area (Å²) in [7, 11) is 0. The lowest BCUT2D eigenvalue weighted by atomic mass is 9.81. The number of hydrogen-bond donors (Lipinski definition) is 1. The highest BCUT2D eigenvalue weighted by Gasteiger charge is 2.32. The van der Waals surface area contributed by atoms with Gasteiger partial charge in [-0.25, -0.2) is 4.79 Å². The van der Waals surface area contributed by atoms with Gasteiger partial charge in [-0.3, -0.25) is 9.59 Å². The third kappa shape index (κ3) is 4.20. The molecule has 1 N–H and O–H groups in total. The second-order valence-corrected chi connectivity index (χ2v) is 10.8. The second kappa shape index (κ2) is 9.78. The van der Waals surface area contributed by atoms with Crippen LogP contribution in [0.15, 0.2) is 48.0 Å². The summed E-state index contributed by atoms with van der Waals surface area (Å²) < 4.78 is 2.19. The van der Waals surface area contributed by atoms with E-state index in [0.29, 0.717) is 44.2 Å². The molecule has 2 fully saturated rings. The maximum Gasteiger partial charge on any atom is 0.335 e. The van der Waals surface area contributed by atoms with Crippen molar-refractivity contribution >= 4 is 34.8 Å². The molecular weight excluding hydrogens is 478 g/mol. The Morgan fingerprint density at radius 2 is 1.61 bits per heavy atom. The molecule has 2 aliphatic heterocycles. The first-order chi connectivity index (χ1) is 18.4. The average molecular weight is 512 g/mol. The number of piperazine rings is 1. The SMILES string of the molecule is CC(=O)N1CCN(C(=O)C2=Cc3ccccc3-c3c(C4CCCCC4)c4ccc(C(=O)O)cc4n3C2)CC1. The van der Waals surface area contributed by atoms with Crippen molar-refractivity contribution in [3.63, 3.8) is 0 Å². The molecule has 7 heteroatoms. The van der Waals surface area contributed by atoms with Crippen LogP contribution in [-0.4, -0.2) is 63.4 Å². The lowest BCUT2D eigenvalue weighted by Crippen LogP contribution is -2.50. The van der Waals surface area contributed by atoms with Crippen LogP contribution in [0.3, 0.4) is 0 Å². The molecule has 0 atom stereocenters. The van der Waals surface area contributed by atoms with E-state index in [-0.39, 0.29) is 17.4 Å². The summed E-state index contributed by atoms with van der Waals surface area (Å²) in [6.45, 7) is 4.03. The van der Waals surface area contributed by atoms with Gasteiger partial charge in [0.2, 0.25) is 5.91 Å². The number of rotatable bonds is 3. The quantitative estimate of drug-likeness (QED) is 0.528. The second-order valence-electron chi connectivity index (χ2n) is 10.8. The number of aromatic carboxylic acids is 1. The van der Waals surface area contributed by atoms with Crippen molar-refractivity contribution in [1.82, 2.24) is 14.4 Å². The number of carboxylic acid groups (broad SMARTS) is 1. The number of nitrogens with zero attached hydrogens (tertiary/aromatic N) is 3. The molecule has 2 aromatic carbocycles. The fraction of sp³-hybridized carbons (Fsp3) is 0.387. The maximum absolute atomic E-state index is 13.9. The molecule has 1 saturated carbocycles. The summed E-state index contributed by atoms with van der Waals surface area (Å²) in [5, 5.41) is 10.9. The molecule has 2 amide bonds. The van der Waals surface area contributed by atoms with E-state index in [0.717, 1.165) is 40.6 Å². The lowest BCUT2D eigenvalue weighted by molar-refractivity contribution is -0.136. The molecule has 3 aromatic rings. The van der Waals surface area contributed by atoms with Crippen LogP contribution < -0.4 is 0 Å². The molecule has 196 valence electrons. The first-order valence-electron chi connectivity index (χ1n) is 13.7. The Hall–Kier alpha value is -3.87. The highest BCUT2D eigenvalue weighted by molar-refractivity contribution is 6.03. The van der Waals surface area contributed by atoms with Gasteiger partial charge in [0.15, 0.2) is 0 Å². The van der Waals surface area contributed by atoms with Gasteiger partial charge in [-0.2, -0.15) is 0 Å². The van der Waals surface area contributed by atoms with Crippen LogP contribution in [0.1, 0.15) is 66.4 Å². The zero-order valence-corrected chi connectivity index (χ0v) is 21.8. The minimum absolute atomic E-state index is 0.0219. The molecule has 38 heavy (non-hydrogen) atoms. The minimum atomic E-state index is -0.953. The summed E-state index contributed by atoms with van der Waals surface area (Å²) in [5.74, 6) is -0.534. The number of amides is 2. The van der Waals surface area contributed by atoms with E-state index in [2.05, 4.69) is 16.7 Å². The molecule has 3 aliphatic rings. The van der Waals surface area contributed by atoms with Gasteiger partial charge in [-0.05, 0) is 48.1 Å². The van der Waals surface area contributed by atoms with Crippen molar-refractivity contribution in [1.29, 1.82) is 0 Å². The fourth-order valence-electron chi connectivity index (χ4n) is 6.57. The maximum atomic E-state index is 13.9. The number of carbonyl (C=O) groups excluding carboxylic acids is 2. The van der Waals surface area contributed by atoms with Crippen molar-refractivity contribution in [2.45, 2.75) is 51.5 Å². The van der Waals surface area contributed by atoms with Gasteiger partial charge in [0.1, 0.15) is 0 Å². The van der Waals surface area contributed by atoms with Crippen molar-refractivity contribution in [2.75, 3.05) is 26.2 Å². The summed E-state index contributed by atoms with van der Waals surface area (Å²) in [4.78, 5) is 41.2. The zero-order chi connectivity index (χ0) is 26.4. The number of aromatic nitrogens is 1. The average Bonchev–Trinajstić information content (AvgIpc) is 3.15. The topological polar surface area (TPSA) is 82.8 Å². The standard InChI is InChI=1S/C31H33N3O4/c1-20(35)32-13-15-33(16-14-32)30(36)24-17-22-9-5-6-10-25(22)29-28(21-7-3-2-4-8-21)26-12-11-23(31(37)38)18-27(26)34(29)19-24/h5-6,9-12,17-18,21H,2-4,7-8,13-16,19H2,1H3,(H,37,38). The third-order valence-corrected chi connectivity index (χ3v) is 8.53. The molecule has 1 saturated heterocycles. The molecule has 7 nitrogen and oxygen atoms in total. The monoisotopic (exact) mass is 511 g/mol. The van der Waals surface area contributed by atoms with Gasteiger partial charge in [0.05, 0.1) is 17.8 Å². The summed E-state index contributed by atoms with van der Waals surface area (Å²) in [5.41, 5.74) is 6.31. The van der Waals surface area contributed by atoms with Crippen LogP contribution in [0.2, 0.25) is 0 Å². The van der Waals surface area contributed by atoms with E-state index in [1.165, 1.54) is 24.8 Å². The van der Waals surface area contributed by atoms with E-state index in [4.69, 9.17) is 0 Å². The third-order valence-electron chi connectivity index (χ3n) is 8.53. The van der Waals surface area contributed by atoms with E-state index in [1.807, 2.05) is 29.2 Å². The van der Waals surface area contributed by atoms with Crippen LogP contribution in [0.5, 0.6) is 0 Å². The molecule has 3 heterocycles. The molecule has 1 aromatic heterocycles. The van der Waals surface area contributed by atoms with Crippen molar-refractivity contribution in [3.05, 3.63) is 64.7 Å². The molecular formula is C31H33N3O4. The Morgan fingerprint density at radius 3 is 2.32 bits per heavy atom. The van der Waals surface area contributed by atoms with Crippen LogP contribution in [-0.2, 0) is 16.1 Å². The van der Waals surface area contributed by atoms with Gasteiger partial charge >= 0.3 is 5.97 Å². The van der Waals surface area contributed by atoms with Crippen molar-refractivity contribution in [2.24, 2.45) is 0 Å². The molecule has 6 rings (SSSR count). The Bertz CT molecular complexity index is 1470. The predicted octanol–water partition coefficient (Wildman–Crippen LogP) is 5.14. The fourth-order valence-corrected chi connectivity index (χ4v) is 6.57. The van der Waals surface area contributed by atoms with E-state index in [9.17, 15) is 19.5 Å². The van der Waals surface area contributed by atoms with Crippen molar-refractivity contribution < 1.29 is 19.5 Å². The largest absolute Gasteiger partial charge is 0.478 e. The normalized spacial score (nSPS) is 18.0. The molecule has 0 radical (unpaired) electrons. The van der Waals surface area contributed by atoms with E-state index >= 15 is 0 Å². The predicted molar refractivity (Wildman–Crippen MR) is 147 cm³/mol. The van der Waals surface area contributed by atoms with Crippen LogP contribution >= 0.6 is 0 Å². The summed E-state index contributed by atoms with van der Waals surface area (Å²) >= 11 is 0.